The van der Waals surface area contributed by atoms with Crippen LogP contribution in [0.3, 0.4) is 0 Å². The second-order valence-corrected chi connectivity index (χ2v) is 21.5. The van der Waals surface area contributed by atoms with Crippen molar-refractivity contribution in [3.05, 3.63) is 129 Å². The van der Waals surface area contributed by atoms with Crippen molar-refractivity contribution in [2.45, 2.75) is 69.9 Å². The van der Waals surface area contributed by atoms with Gasteiger partial charge < -0.3 is 14.4 Å². The quantitative estimate of drug-likeness (QED) is 0.0747. The molecule has 0 N–H and O–H groups in total. The topological polar surface area (TPSA) is 117 Å². The molecule has 1 saturated heterocycles. The van der Waals surface area contributed by atoms with Crippen LogP contribution >= 0.6 is 11.6 Å². The number of carbonyl (C=O) groups is 1. The summed E-state index contributed by atoms with van der Waals surface area (Å²) in [6.45, 7) is 7.45. The molecule has 2 heterocycles. The van der Waals surface area contributed by atoms with E-state index in [1.165, 1.54) is 34.0 Å². The minimum atomic E-state index is -4.11. The molecule has 5 rings (SSSR count). The van der Waals surface area contributed by atoms with Gasteiger partial charge in [-0.05, 0) is 59.8 Å². The maximum absolute atomic E-state index is 14.7. The number of benzene rings is 3. The van der Waals surface area contributed by atoms with Crippen LogP contribution < -0.4 is 10.2 Å². The third-order valence-electron chi connectivity index (χ3n) is 8.58. The number of nitrogens with zero attached hydrogens (tertiary/aromatic N) is 3. The summed E-state index contributed by atoms with van der Waals surface area (Å²) in [6.07, 6.45) is 2.01. The van der Waals surface area contributed by atoms with Crippen molar-refractivity contribution in [1.82, 2.24) is 14.7 Å². The number of aromatic nitrogens is 2. The van der Waals surface area contributed by atoms with Crippen LogP contribution in [-0.2, 0) is 32.4 Å². The second-order valence-electron chi connectivity index (χ2n) is 13.9. The van der Waals surface area contributed by atoms with E-state index in [2.05, 4.69) is 24.7 Å². The zero-order valence-corrected chi connectivity index (χ0v) is 31.7. The maximum Gasteiger partial charge on any atom is 0.278 e. The van der Waals surface area contributed by atoms with Gasteiger partial charge in [-0.3, -0.25) is 13.8 Å². The predicted molar refractivity (Wildman–Crippen MR) is 197 cm³/mol. The second kappa shape index (κ2) is 16.6. The van der Waals surface area contributed by atoms with Crippen LogP contribution in [0.15, 0.2) is 89.9 Å². The molecule has 0 saturated carbocycles. The summed E-state index contributed by atoms with van der Waals surface area (Å²) in [5.74, 6) is -2.15. The fourth-order valence-corrected chi connectivity index (χ4v) is 7.63. The van der Waals surface area contributed by atoms with Crippen molar-refractivity contribution in [2.75, 3.05) is 19.4 Å². The number of rotatable bonds is 15. The lowest BCUT2D eigenvalue weighted by atomic mass is 9.82. The Morgan fingerprint density at radius 3 is 2.43 bits per heavy atom. The smallest absolute Gasteiger partial charge is 0.278 e. The Morgan fingerprint density at radius 1 is 1.04 bits per heavy atom. The van der Waals surface area contributed by atoms with Crippen LogP contribution in [0.5, 0.6) is 5.75 Å². The minimum absolute atomic E-state index is 0.0197. The molecule has 1 fully saturated rings. The fraction of sp³-hybridized carbons (Fsp3) is 0.378. The first-order valence-electron chi connectivity index (χ1n) is 16.7. The Kier molecular flexibility index (Phi) is 12.5. The van der Waals surface area contributed by atoms with Gasteiger partial charge in [0.1, 0.15) is 25.3 Å². The van der Waals surface area contributed by atoms with E-state index >= 15 is 0 Å². The molecular weight excluding hydrogens is 713 g/mol. The first-order chi connectivity index (χ1) is 24.2. The average Bonchev–Trinajstić information content (AvgIpc) is 3.56. The van der Waals surface area contributed by atoms with Gasteiger partial charge in [-0.2, -0.15) is 13.5 Å². The van der Waals surface area contributed by atoms with Crippen molar-refractivity contribution >= 4 is 35.7 Å². The molecule has 2 unspecified atom stereocenters. The van der Waals surface area contributed by atoms with Crippen LogP contribution in [0.2, 0.25) is 30.7 Å². The Labute approximate surface area is 304 Å². The third kappa shape index (κ3) is 10.6. The molecule has 1 aromatic heterocycles. The van der Waals surface area contributed by atoms with Crippen LogP contribution in [0, 0.1) is 5.82 Å². The number of amides is 1. The molecule has 0 radical (unpaired) electrons. The Balaban J connectivity index is 1.54. The highest BCUT2D eigenvalue weighted by Gasteiger charge is 2.44. The number of hydrogen-bond donors (Lipinski definition) is 0. The van der Waals surface area contributed by atoms with Gasteiger partial charge in [0.25, 0.3) is 21.5 Å². The van der Waals surface area contributed by atoms with Crippen LogP contribution in [-0.4, -0.2) is 68.6 Å². The lowest BCUT2D eigenvalue weighted by Crippen LogP contribution is -2.48. The molecule has 10 nitrogen and oxygen atoms in total. The maximum atomic E-state index is 14.7. The summed E-state index contributed by atoms with van der Waals surface area (Å²) in [5.41, 5.74) is 0.765. The van der Waals surface area contributed by atoms with Crippen molar-refractivity contribution in [3.8, 4) is 5.75 Å². The average molecular weight is 756 g/mol. The van der Waals surface area contributed by atoms with Crippen LogP contribution in [0.1, 0.15) is 45.9 Å². The monoisotopic (exact) mass is 755 g/mol. The first kappa shape index (κ1) is 38.4. The van der Waals surface area contributed by atoms with Crippen LogP contribution in [0.4, 0.5) is 4.39 Å². The van der Waals surface area contributed by atoms with Gasteiger partial charge in [-0.25, -0.2) is 9.07 Å². The highest BCUT2D eigenvalue weighted by atomic mass is 35.5. The Morgan fingerprint density at radius 2 is 1.76 bits per heavy atom. The van der Waals surface area contributed by atoms with Crippen molar-refractivity contribution in [3.63, 3.8) is 0 Å². The highest BCUT2D eigenvalue weighted by Crippen LogP contribution is 2.38. The number of carbonyl (C=O) groups excluding carboxylic acids is 1. The molecule has 0 bridgehead atoms. The van der Waals surface area contributed by atoms with E-state index in [9.17, 15) is 22.4 Å². The highest BCUT2D eigenvalue weighted by molar-refractivity contribution is 7.86. The summed E-state index contributed by atoms with van der Waals surface area (Å²) >= 11 is 6.19. The van der Waals surface area contributed by atoms with Gasteiger partial charge in [0.15, 0.2) is 11.4 Å². The molecule has 3 atom stereocenters. The molecule has 14 heteroatoms. The van der Waals surface area contributed by atoms with E-state index in [0.717, 1.165) is 17.9 Å². The summed E-state index contributed by atoms with van der Waals surface area (Å²) < 4.78 is 59.4. The lowest BCUT2D eigenvalue weighted by molar-refractivity contribution is 0.0514. The van der Waals surface area contributed by atoms with Gasteiger partial charge in [0.2, 0.25) is 0 Å². The van der Waals surface area contributed by atoms with Crippen molar-refractivity contribution < 1.29 is 31.3 Å². The number of hydrogen-bond acceptors (Lipinski definition) is 8. The summed E-state index contributed by atoms with van der Waals surface area (Å²) in [5, 5.41) is 4.87. The normalized spacial score (nSPS) is 16.2. The van der Waals surface area contributed by atoms with Gasteiger partial charge in [-0.1, -0.05) is 85.8 Å². The predicted octanol–water partition coefficient (Wildman–Crippen LogP) is 6.71. The Hall–Kier alpha value is -3.88. The molecule has 0 aliphatic carbocycles. The van der Waals surface area contributed by atoms with Gasteiger partial charge >= 0.3 is 0 Å². The number of halogens is 2. The molecule has 1 amide bonds. The van der Waals surface area contributed by atoms with E-state index in [0.29, 0.717) is 35.6 Å². The Bertz CT molecular complexity index is 1970. The van der Waals surface area contributed by atoms with Gasteiger partial charge in [-0.15, -0.1) is 0 Å². The van der Waals surface area contributed by atoms with E-state index in [-0.39, 0.29) is 25.6 Å². The van der Waals surface area contributed by atoms with E-state index in [1.54, 1.807) is 30.3 Å². The van der Waals surface area contributed by atoms with E-state index in [1.807, 2.05) is 30.3 Å². The number of likely N-dealkylation sites (tertiary alicyclic amines) is 1. The third-order valence-corrected chi connectivity index (χ3v) is 11.1. The number of ether oxygens (including phenoxy) is 2. The standard InChI is InChI=1S/C37H43ClFN3O7SSi/c1-50(45,46)49-36(33(27-15-17-29(38)18-16-27)28-12-8-13-30(39)22-28)31-14-9-19-42(31)37(44)34-35(43)32(48-24-26-10-6-5-7-11-26)23-41(40-34)25-47-20-21-51(2,3)4/h5-8,10-13,15-18,22-23,31,33,36H,9,14,19-21,24-25H2,1-4H3/t31-,33?,36?/m1/s1. The SMILES string of the molecule is C[Si](C)(C)CCOCn1cc(OCc2ccccc2)c(=O)c(C(=O)N2CCC[C@@H]2C(OS(C)(=O)=O)C(c2ccc(Cl)cc2)c2cccc(F)c2)n1. The molecule has 4 aromatic rings. The van der Waals surface area contributed by atoms with Gasteiger partial charge in [0, 0.05) is 32.2 Å². The zero-order valence-electron chi connectivity index (χ0n) is 29.1. The molecule has 1 aliphatic heterocycles. The molecule has 272 valence electrons. The zero-order chi connectivity index (χ0) is 36.8. The molecule has 0 spiro atoms. The summed E-state index contributed by atoms with van der Waals surface area (Å²) in [6, 6.07) is 21.9. The molecule has 3 aromatic carbocycles. The van der Waals surface area contributed by atoms with E-state index < -0.39 is 59.1 Å². The van der Waals surface area contributed by atoms with Crippen LogP contribution in [0.25, 0.3) is 0 Å². The summed E-state index contributed by atoms with van der Waals surface area (Å²) in [7, 11) is -5.49. The van der Waals surface area contributed by atoms with E-state index in [4.69, 9.17) is 25.3 Å². The minimum Gasteiger partial charge on any atom is -0.483 e. The first-order valence-corrected chi connectivity index (χ1v) is 22.6. The largest absolute Gasteiger partial charge is 0.483 e. The molecule has 51 heavy (non-hydrogen) atoms. The van der Waals surface area contributed by atoms with Gasteiger partial charge in [0.05, 0.1) is 18.5 Å². The lowest BCUT2D eigenvalue weighted by Gasteiger charge is -2.36. The molecular formula is C37H43ClFN3O7SSi. The molecule has 1 aliphatic rings. The van der Waals surface area contributed by atoms with Crippen molar-refractivity contribution in [2.24, 2.45) is 0 Å². The fourth-order valence-electron chi connectivity index (χ4n) is 6.10. The summed E-state index contributed by atoms with van der Waals surface area (Å²) in [4.78, 5) is 29.8. The van der Waals surface area contributed by atoms with Crippen molar-refractivity contribution in [1.29, 1.82) is 0 Å².